The number of carbonyl (C=O) groups excluding carboxylic acids is 1. The van der Waals surface area contributed by atoms with Crippen molar-refractivity contribution in [1.29, 1.82) is 0 Å². The van der Waals surface area contributed by atoms with Crippen LogP contribution in [0.25, 0.3) is 0 Å². The lowest BCUT2D eigenvalue weighted by molar-refractivity contribution is -0.143. The monoisotopic (exact) mass is 657 g/mol. The van der Waals surface area contributed by atoms with Crippen LogP contribution in [0.15, 0.2) is 42.5 Å². The minimum absolute atomic E-state index is 0.0943. The van der Waals surface area contributed by atoms with E-state index in [0.717, 1.165) is 57.5 Å². The molecule has 2 heterocycles. The lowest BCUT2D eigenvalue weighted by atomic mass is 9.70. The van der Waals surface area contributed by atoms with Crippen LogP contribution in [0.3, 0.4) is 0 Å². The van der Waals surface area contributed by atoms with Crippen molar-refractivity contribution >= 4 is 17.4 Å². The van der Waals surface area contributed by atoms with E-state index in [9.17, 15) is 31.1 Å². The predicted octanol–water partition coefficient (Wildman–Crippen LogP) is 7.91. The molecule has 0 amide bonds. The Morgan fingerprint density at radius 1 is 0.889 bits per heavy atom. The minimum atomic E-state index is -4.97. The number of nitrogens with zero attached hydrogens (tertiary/aromatic N) is 2. The van der Waals surface area contributed by atoms with Gasteiger partial charge in [-0.1, -0.05) is 43.0 Å². The van der Waals surface area contributed by atoms with Crippen molar-refractivity contribution in [3.05, 3.63) is 69.7 Å². The van der Waals surface area contributed by atoms with Crippen LogP contribution in [-0.2, 0) is 29.0 Å². The average molecular weight is 658 g/mol. The molecule has 2 saturated heterocycles. The van der Waals surface area contributed by atoms with Crippen LogP contribution in [0.2, 0.25) is 5.02 Å². The number of rotatable bonds is 8. The number of piperazine rings is 1. The van der Waals surface area contributed by atoms with E-state index < -0.39 is 47.1 Å². The zero-order chi connectivity index (χ0) is 32.2. The van der Waals surface area contributed by atoms with Gasteiger partial charge in [-0.15, -0.1) is 0 Å². The van der Waals surface area contributed by atoms with E-state index in [-0.39, 0.29) is 11.6 Å². The van der Waals surface area contributed by atoms with Crippen LogP contribution < -0.4 is 5.32 Å². The van der Waals surface area contributed by atoms with E-state index in [2.05, 4.69) is 15.1 Å². The molecular weight excluding hydrogens is 616 g/mol. The summed E-state index contributed by atoms with van der Waals surface area (Å²) < 4.78 is 80.9. The molecule has 0 bridgehead atoms. The lowest BCUT2D eigenvalue weighted by Gasteiger charge is -2.42. The Labute approximate surface area is 266 Å². The van der Waals surface area contributed by atoms with Gasteiger partial charge in [0, 0.05) is 43.7 Å². The van der Waals surface area contributed by atoms with E-state index in [4.69, 9.17) is 11.6 Å². The van der Waals surface area contributed by atoms with Crippen LogP contribution >= 0.6 is 11.6 Å². The largest absolute Gasteiger partial charge is 0.416 e. The summed E-state index contributed by atoms with van der Waals surface area (Å²) in [4.78, 5) is 18.8. The summed E-state index contributed by atoms with van der Waals surface area (Å²) in [5.74, 6) is -0.420. The maximum absolute atomic E-state index is 13.7. The van der Waals surface area contributed by atoms with Crippen LogP contribution in [0.5, 0.6) is 0 Å². The molecule has 248 valence electrons. The summed E-state index contributed by atoms with van der Waals surface area (Å²) in [5, 5.41) is 3.84. The van der Waals surface area contributed by atoms with Gasteiger partial charge in [-0.05, 0) is 98.5 Å². The Hall–Kier alpha value is -2.14. The zero-order valence-corrected chi connectivity index (χ0v) is 26.2. The summed E-state index contributed by atoms with van der Waals surface area (Å²) in [5.41, 5.74) is -2.54. The molecule has 0 spiro atoms. The molecule has 2 atom stereocenters. The number of alkyl halides is 6. The molecule has 11 heteroatoms. The van der Waals surface area contributed by atoms with Crippen LogP contribution in [0.4, 0.5) is 26.3 Å². The minimum Gasteiger partial charge on any atom is -0.307 e. The molecule has 0 aromatic heterocycles. The summed E-state index contributed by atoms with van der Waals surface area (Å²) in [6.45, 7) is 5.37. The molecule has 1 aliphatic carbocycles. The summed E-state index contributed by atoms with van der Waals surface area (Å²) >= 11 is 6.43. The first-order valence-electron chi connectivity index (χ1n) is 16.1. The van der Waals surface area contributed by atoms with E-state index in [1.807, 2.05) is 18.2 Å². The zero-order valence-electron chi connectivity index (χ0n) is 25.5. The number of hydrogen-bond acceptors (Lipinski definition) is 4. The Bertz CT molecular complexity index is 1270. The maximum Gasteiger partial charge on any atom is 0.416 e. The lowest BCUT2D eigenvalue weighted by Crippen LogP contribution is -2.51. The van der Waals surface area contributed by atoms with Gasteiger partial charge >= 0.3 is 12.4 Å². The number of ketones is 1. The molecule has 3 fully saturated rings. The fraction of sp³-hybridized carbons (Fsp3) is 0.618. The van der Waals surface area contributed by atoms with Gasteiger partial charge < -0.3 is 10.2 Å². The maximum atomic E-state index is 13.7. The smallest absolute Gasteiger partial charge is 0.307 e. The van der Waals surface area contributed by atoms with Crippen LogP contribution in [-0.4, -0.2) is 66.9 Å². The molecule has 5 rings (SSSR count). The van der Waals surface area contributed by atoms with Gasteiger partial charge in [0.1, 0.15) is 0 Å². The molecule has 2 aliphatic heterocycles. The van der Waals surface area contributed by atoms with Crippen molar-refractivity contribution in [1.82, 2.24) is 15.1 Å². The second kappa shape index (κ2) is 14.3. The van der Waals surface area contributed by atoms with Gasteiger partial charge in [0.25, 0.3) is 0 Å². The molecule has 2 aromatic rings. The number of hydrogen-bond donors (Lipinski definition) is 1. The normalized spacial score (nSPS) is 24.8. The molecule has 2 aromatic carbocycles. The third kappa shape index (κ3) is 8.82. The number of halogens is 7. The summed E-state index contributed by atoms with van der Waals surface area (Å²) in [6, 6.07) is 8.99. The molecule has 1 N–H and O–H groups in total. The van der Waals surface area contributed by atoms with Gasteiger partial charge in [0.2, 0.25) is 0 Å². The molecule has 0 radical (unpaired) electrons. The highest BCUT2D eigenvalue weighted by Crippen LogP contribution is 2.41. The van der Waals surface area contributed by atoms with Gasteiger partial charge in [0.15, 0.2) is 5.78 Å². The first-order chi connectivity index (χ1) is 21.3. The number of Topliss-reactive ketones (excluding diaryl/α,β-unsaturated/α-hetero) is 1. The molecule has 4 nitrogen and oxygen atoms in total. The predicted molar refractivity (Wildman–Crippen MR) is 163 cm³/mol. The van der Waals surface area contributed by atoms with Gasteiger partial charge in [-0.2, -0.15) is 26.3 Å². The van der Waals surface area contributed by atoms with E-state index in [1.165, 1.54) is 32.1 Å². The Morgan fingerprint density at radius 2 is 1.56 bits per heavy atom. The first kappa shape index (κ1) is 34.2. The highest BCUT2D eigenvalue weighted by Gasteiger charge is 2.40. The molecule has 1 saturated carbocycles. The quantitative estimate of drug-likeness (QED) is 0.293. The molecule has 45 heavy (non-hydrogen) atoms. The third-order valence-electron chi connectivity index (χ3n) is 10.1. The topological polar surface area (TPSA) is 35.6 Å². The molecule has 2 unspecified atom stereocenters. The fourth-order valence-electron chi connectivity index (χ4n) is 7.56. The van der Waals surface area contributed by atoms with Gasteiger partial charge in [-0.25, -0.2) is 0 Å². The number of benzene rings is 2. The van der Waals surface area contributed by atoms with Gasteiger partial charge in [0.05, 0.1) is 17.2 Å². The Kier molecular flexibility index (Phi) is 10.9. The molecular formula is C34H42ClF6N3O. The highest BCUT2D eigenvalue weighted by molar-refractivity contribution is 6.30. The van der Waals surface area contributed by atoms with E-state index >= 15 is 0 Å². The average Bonchev–Trinajstić information content (AvgIpc) is 3.24. The second-order valence-electron chi connectivity index (χ2n) is 13.1. The van der Waals surface area contributed by atoms with Crippen LogP contribution in [0.1, 0.15) is 80.0 Å². The Morgan fingerprint density at radius 3 is 2.18 bits per heavy atom. The standard InChI is InChI=1S/C34H42ClF6N3O/c35-28-7-4-6-25(22-28)32(11-13-43-14-16-44(17-15-43)29-8-2-1-3-9-29)10-5-12-42-30(23-32)31(45)20-24-18-26(33(36,37)38)21-27(19-24)34(39,40)41/h4,6-7,18-19,21-22,29-30,42H,1-3,5,8-17,20,23H2. The second-order valence-corrected chi connectivity index (χ2v) is 13.5. The van der Waals surface area contributed by atoms with Crippen molar-refractivity contribution in [2.45, 2.75) is 94.1 Å². The Balaban J connectivity index is 1.33. The molecule has 3 aliphatic rings. The number of nitrogens with one attached hydrogen (secondary N) is 1. The van der Waals surface area contributed by atoms with Crippen molar-refractivity contribution in [2.24, 2.45) is 0 Å². The highest BCUT2D eigenvalue weighted by atomic mass is 35.5. The van der Waals surface area contributed by atoms with Crippen molar-refractivity contribution in [2.75, 3.05) is 39.3 Å². The van der Waals surface area contributed by atoms with Gasteiger partial charge in [-0.3, -0.25) is 9.69 Å². The van der Waals surface area contributed by atoms with Crippen molar-refractivity contribution in [3.8, 4) is 0 Å². The van der Waals surface area contributed by atoms with E-state index in [1.54, 1.807) is 6.07 Å². The van der Waals surface area contributed by atoms with Crippen molar-refractivity contribution < 1.29 is 31.1 Å². The van der Waals surface area contributed by atoms with Crippen molar-refractivity contribution in [3.63, 3.8) is 0 Å². The first-order valence-corrected chi connectivity index (χ1v) is 16.5. The third-order valence-corrected chi connectivity index (χ3v) is 10.3. The SMILES string of the molecule is O=C(Cc1cc(C(F)(F)F)cc(C(F)(F)F)c1)C1CC(CCN2CCN(C3CCCCC3)CC2)(c2cccc(Cl)c2)CCCN1. The summed E-state index contributed by atoms with van der Waals surface area (Å²) in [7, 11) is 0. The number of carbonyl (C=O) groups is 1. The van der Waals surface area contributed by atoms with E-state index in [0.29, 0.717) is 36.2 Å². The summed E-state index contributed by atoms with van der Waals surface area (Å²) in [6.07, 6.45) is -1.27. The van der Waals surface area contributed by atoms with Crippen LogP contribution in [0, 0.1) is 0 Å². The fourth-order valence-corrected chi connectivity index (χ4v) is 7.75.